The Bertz CT molecular complexity index is 697. The minimum atomic E-state index is -4.38. The summed E-state index contributed by atoms with van der Waals surface area (Å²) >= 11 is 4.88. The highest BCUT2D eigenvalue weighted by Gasteiger charge is 2.30. The van der Waals surface area contributed by atoms with Crippen LogP contribution < -0.4 is 4.74 Å². The Morgan fingerprint density at radius 3 is 2.50 bits per heavy atom. The number of rotatable bonds is 2. The van der Waals surface area contributed by atoms with Crippen LogP contribution in [0.3, 0.4) is 0 Å². The number of benzene rings is 1. The largest absolute Gasteiger partial charge is 0.468 e. The molecule has 1 aromatic heterocycles. The smallest absolute Gasteiger partial charge is 0.416 e. The van der Waals surface area contributed by atoms with Crippen molar-refractivity contribution in [1.82, 2.24) is 15.0 Å². The van der Waals surface area contributed by atoms with E-state index in [0.717, 1.165) is 12.1 Å². The van der Waals surface area contributed by atoms with Crippen LogP contribution in [0.25, 0.3) is 11.4 Å². The van der Waals surface area contributed by atoms with Gasteiger partial charge >= 0.3 is 6.18 Å². The van der Waals surface area contributed by atoms with Crippen LogP contribution >= 0.6 is 12.2 Å². The van der Waals surface area contributed by atoms with Crippen molar-refractivity contribution in [1.29, 1.82) is 0 Å². The molecule has 0 saturated carbocycles. The van der Waals surface area contributed by atoms with Gasteiger partial charge in [0, 0.05) is 5.56 Å². The fourth-order valence-electron chi connectivity index (χ4n) is 1.69. The average Bonchev–Trinajstić information content (AvgIpc) is 2.36. The van der Waals surface area contributed by atoms with Crippen molar-refractivity contribution in [2.45, 2.75) is 13.1 Å². The Balaban J connectivity index is 2.54. The van der Waals surface area contributed by atoms with E-state index in [0.29, 0.717) is 17.0 Å². The highest BCUT2D eigenvalue weighted by molar-refractivity contribution is 7.71. The summed E-state index contributed by atoms with van der Waals surface area (Å²) in [6.07, 6.45) is -4.38. The number of halogens is 3. The summed E-state index contributed by atoms with van der Waals surface area (Å²) in [5.41, 5.74) is 0.217. The van der Waals surface area contributed by atoms with Gasteiger partial charge in [-0.15, -0.1) is 0 Å². The highest BCUT2D eigenvalue weighted by atomic mass is 32.1. The van der Waals surface area contributed by atoms with E-state index in [9.17, 15) is 13.2 Å². The Hall–Kier alpha value is -1.96. The molecule has 0 amide bonds. The molecule has 0 radical (unpaired) electrons. The first-order valence-electron chi connectivity index (χ1n) is 5.52. The molecule has 2 aromatic rings. The summed E-state index contributed by atoms with van der Waals surface area (Å²) in [6.45, 7) is 1.57. The first kappa shape index (κ1) is 14.4. The standard InChI is InChI=1S/C12H10F3N3OS/c1-6-5-7(12(13,14)15)3-4-8(6)9-16-10(19-2)18-11(20)17-9/h3-5H,1-2H3,(H,16,17,18,20). The normalized spacial score (nSPS) is 11.4. The van der Waals surface area contributed by atoms with Crippen LogP contribution in [0.4, 0.5) is 13.2 Å². The molecule has 8 heteroatoms. The third-order valence-corrected chi connectivity index (χ3v) is 2.81. The fourth-order valence-corrected chi connectivity index (χ4v) is 1.87. The second kappa shape index (κ2) is 5.20. The number of hydrogen-bond donors (Lipinski definition) is 1. The molecule has 1 N–H and O–H groups in total. The highest BCUT2D eigenvalue weighted by Crippen LogP contribution is 2.32. The van der Waals surface area contributed by atoms with E-state index in [4.69, 9.17) is 17.0 Å². The minimum Gasteiger partial charge on any atom is -0.468 e. The van der Waals surface area contributed by atoms with Crippen molar-refractivity contribution >= 4 is 12.2 Å². The van der Waals surface area contributed by atoms with Crippen molar-refractivity contribution in [3.63, 3.8) is 0 Å². The molecule has 0 atom stereocenters. The zero-order valence-corrected chi connectivity index (χ0v) is 11.4. The zero-order valence-electron chi connectivity index (χ0n) is 10.6. The molecular formula is C12H10F3N3OS. The number of alkyl halides is 3. The van der Waals surface area contributed by atoms with Gasteiger partial charge in [0.25, 0.3) is 6.01 Å². The van der Waals surface area contributed by atoms with Crippen LogP contribution in [-0.2, 0) is 6.18 Å². The van der Waals surface area contributed by atoms with Gasteiger partial charge in [0.2, 0.25) is 4.77 Å². The molecule has 0 spiro atoms. The Morgan fingerprint density at radius 1 is 1.25 bits per heavy atom. The number of nitrogens with zero attached hydrogens (tertiary/aromatic N) is 2. The second-order valence-corrected chi connectivity index (χ2v) is 4.38. The van der Waals surface area contributed by atoms with E-state index >= 15 is 0 Å². The second-order valence-electron chi connectivity index (χ2n) is 4.02. The predicted molar refractivity (Wildman–Crippen MR) is 68.9 cm³/mol. The molecule has 1 aromatic carbocycles. The van der Waals surface area contributed by atoms with E-state index < -0.39 is 11.7 Å². The summed E-state index contributed by atoms with van der Waals surface area (Å²) in [4.78, 5) is 10.6. The van der Waals surface area contributed by atoms with Crippen LogP contribution in [0.1, 0.15) is 11.1 Å². The lowest BCUT2D eigenvalue weighted by Crippen LogP contribution is -2.06. The molecule has 0 saturated heterocycles. The first-order valence-corrected chi connectivity index (χ1v) is 5.92. The first-order chi connectivity index (χ1) is 9.31. The van der Waals surface area contributed by atoms with Gasteiger partial charge in [0.05, 0.1) is 12.7 Å². The van der Waals surface area contributed by atoms with E-state index in [2.05, 4.69) is 15.0 Å². The maximum Gasteiger partial charge on any atom is 0.416 e. The van der Waals surface area contributed by atoms with Crippen molar-refractivity contribution in [2.24, 2.45) is 0 Å². The van der Waals surface area contributed by atoms with E-state index in [-0.39, 0.29) is 10.8 Å². The van der Waals surface area contributed by atoms with E-state index in [1.807, 2.05) is 0 Å². The van der Waals surface area contributed by atoms with Crippen LogP contribution in [0.5, 0.6) is 6.01 Å². The van der Waals surface area contributed by atoms with Crippen molar-refractivity contribution in [3.05, 3.63) is 34.1 Å². The van der Waals surface area contributed by atoms with Crippen molar-refractivity contribution in [3.8, 4) is 17.4 Å². The van der Waals surface area contributed by atoms with Crippen molar-refractivity contribution in [2.75, 3.05) is 7.11 Å². The molecule has 0 unspecified atom stereocenters. The minimum absolute atomic E-state index is 0.0508. The van der Waals surface area contributed by atoms with Gasteiger partial charge in [-0.2, -0.15) is 18.2 Å². The van der Waals surface area contributed by atoms with Crippen LogP contribution in [-0.4, -0.2) is 22.1 Å². The number of methoxy groups -OCH3 is 1. The quantitative estimate of drug-likeness (QED) is 0.862. The molecule has 2 rings (SSSR count). The average molecular weight is 301 g/mol. The monoisotopic (exact) mass is 301 g/mol. The van der Waals surface area contributed by atoms with Gasteiger partial charge in [0.1, 0.15) is 5.82 Å². The number of ether oxygens (including phenoxy) is 1. The lowest BCUT2D eigenvalue weighted by atomic mass is 10.0. The predicted octanol–water partition coefficient (Wildman–Crippen LogP) is 3.54. The Labute approximate surface area is 117 Å². The summed E-state index contributed by atoms with van der Waals surface area (Å²) in [5, 5.41) is 0. The van der Waals surface area contributed by atoms with Gasteiger partial charge in [0.15, 0.2) is 0 Å². The molecule has 4 nitrogen and oxygen atoms in total. The lowest BCUT2D eigenvalue weighted by molar-refractivity contribution is -0.137. The van der Waals surface area contributed by atoms with E-state index in [1.54, 1.807) is 6.92 Å². The third kappa shape index (κ3) is 2.96. The number of hydrogen-bond acceptors (Lipinski definition) is 4. The van der Waals surface area contributed by atoms with Crippen LogP contribution in [0.15, 0.2) is 18.2 Å². The lowest BCUT2D eigenvalue weighted by Gasteiger charge is -2.11. The number of aryl methyl sites for hydroxylation is 1. The van der Waals surface area contributed by atoms with Crippen LogP contribution in [0.2, 0.25) is 0 Å². The number of nitrogens with one attached hydrogen (secondary N) is 1. The Kier molecular flexibility index (Phi) is 3.76. The van der Waals surface area contributed by atoms with Gasteiger partial charge in [-0.1, -0.05) is 6.07 Å². The molecule has 1 heterocycles. The molecule has 0 bridgehead atoms. The van der Waals surface area contributed by atoms with Gasteiger partial charge < -0.3 is 4.74 Å². The molecular weight excluding hydrogens is 291 g/mol. The van der Waals surface area contributed by atoms with Crippen LogP contribution in [0, 0.1) is 11.7 Å². The molecule has 0 aliphatic carbocycles. The molecule has 106 valence electrons. The summed E-state index contributed by atoms with van der Waals surface area (Å²) in [5.74, 6) is 0.313. The molecule has 0 aliphatic heterocycles. The maximum absolute atomic E-state index is 12.6. The Morgan fingerprint density at radius 2 is 1.95 bits per heavy atom. The third-order valence-electron chi connectivity index (χ3n) is 2.63. The topological polar surface area (TPSA) is 50.8 Å². The maximum atomic E-state index is 12.6. The SMILES string of the molecule is COc1nc(=S)nc(-c2ccc(C(F)(F)F)cc2C)[nH]1. The summed E-state index contributed by atoms with van der Waals surface area (Å²) in [6, 6.07) is 3.54. The summed E-state index contributed by atoms with van der Waals surface area (Å²) in [7, 11) is 1.40. The fraction of sp³-hybridized carbons (Fsp3) is 0.250. The van der Waals surface area contributed by atoms with Gasteiger partial charge in [-0.05, 0) is 36.8 Å². The molecule has 0 aliphatic rings. The number of H-pyrrole nitrogens is 1. The number of aromatic amines is 1. The van der Waals surface area contributed by atoms with Gasteiger partial charge in [-0.3, -0.25) is 4.98 Å². The van der Waals surface area contributed by atoms with Gasteiger partial charge in [-0.25, -0.2) is 4.98 Å². The molecule has 20 heavy (non-hydrogen) atoms. The number of aromatic nitrogens is 3. The van der Waals surface area contributed by atoms with E-state index in [1.165, 1.54) is 13.2 Å². The van der Waals surface area contributed by atoms with Crippen molar-refractivity contribution < 1.29 is 17.9 Å². The molecule has 0 fully saturated rings. The summed E-state index contributed by atoms with van der Waals surface area (Å²) < 4.78 is 42.8. The zero-order chi connectivity index (χ0) is 14.9.